The van der Waals surface area contributed by atoms with Crippen LogP contribution < -0.4 is 11.1 Å². The molecule has 0 aromatic carbocycles. The zero-order chi connectivity index (χ0) is 14.6. The molecule has 0 saturated carbocycles. The van der Waals surface area contributed by atoms with Crippen LogP contribution in [0.5, 0.6) is 0 Å². The standard InChI is InChI=1S/C14H26N4O.ClH/c1-9(2)6-11(8-15)16-14(19)12-7-13(10(3)4)18(5)17-12;/h7,9-11H,6,8,15H2,1-5H3,(H,16,19);1H. The molecule has 0 saturated heterocycles. The van der Waals surface area contributed by atoms with Crippen molar-refractivity contribution in [2.45, 2.75) is 46.1 Å². The average Bonchev–Trinajstić information content (AvgIpc) is 2.70. The topological polar surface area (TPSA) is 72.9 Å². The van der Waals surface area contributed by atoms with Gasteiger partial charge < -0.3 is 11.1 Å². The first kappa shape index (κ1) is 18.9. The van der Waals surface area contributed by atoms with Gasteiger partial charge in [-0.05, 0) is 24.3 Å². The molecular formula is C14H27ClN4O. The van der Waals surface area contributed by atoms with Gasteiger partial charge in [-0.25, -0.2) is 0 Å². The lowest BCUT2D eigenvalue weighted by Gasteiger charge is -2.17. The van der Waals surface area contributed by atoms with Crippen molar-refractivity contribution < 1.29 is 4.79 Å². The molecule has 0 aliphatic carbocycles. The molecule has 6 heteroatoms. The second kappa shape index (κ2) is 8.27. The van der Waals surface area contributed by atoms with Gasteiger partial charge in [0.05, 0.1) is 0 Å². The lowest BCUT2D eigenvalue weighted by atomic mass is 10.0. The van der Waals surface area contributed by atoms with E-state index < -0.39 is 0 Å². The molecule has 0 fully saturated rings. The Hall–Kier alpha value is -1.07. The second-order valence-corrected chi connectivity index (χ2v) is 5.77. The molecule has 0 aliphatic heterocycles. The lowest BCUT2D eigenvalue weighted by Crippen LogP contribution is -2.41. The number of rotatable bonds is 6. The minimum Gasteiger partial charge on any atom is -0.347 e. The normalized spacial score (nSPS) is 12.4. The van der Waals surface area contributed by atoms with E-state index in [-0.39, 0.29) is 24.4 Å². The van der Waals surface area contributed by atoms with Crippen molar-refractivity contribution in [1.82, 2.24) is 15.1 Å². The van der Waals surface area contributed by atoms with Gasteiger partial charge in [-0.1, -0.05) is 27.7 Å². The molecule has 0 radical (unpaired) electrons. The number of halogens is 1. The van der Waals surface area contributed by atoms with Crippen molar-refractivity contribution in [1.29, 1.82) is 0 Å². The summed E-state index contributed by atoms with van der Waals surface area (Å²) in [6.45, 7) is 8.85. The first-order valence-corrected chi connectivity index (χ1v) is 6.90. The minimum atomic E-state index is -0.140. The van der Waals surface area contributed by atoms with Gasteiger partial charge in [0.25, 0.3) is 5.91 Å². The van der Waals surface area contributed by atoms with Crippen LogP contribution in [0.2, 0.25) is 0 Å². The number of hydrogen-bond acceptors (Lipinski definition) is 3. The molecule has 1 amide bonds. The molecule has 116 valence electrons. The van der Waals surface area contributed by atoms with Gasteiger partial charge in [-0.15, -0.1) is 12.4 Å². The summed E-state index contributed by atoms with van der Waals surface area (Å²) in [5.74, 6) is 0.711. The SMILES string of the molecule is CC(C)CC(CN)NC(=O)c1cc(C(C)C)n(C)n1.Cl. The molecule has 0 aliphatic rings. The molecule has 1 heterocycles. The highest BCUT2D eigenvalue weighted by atomic mass is 35.5. The molecule has 20 heavy (non-hydrogen) atoms. The number of carbonyl (C=O) groups is 1. The highest BCUT2D eigenvalue weighted by molar-refractivity contribution is 5.92. The molecule has 5 nitrogen and oxygen atoms in total. The third-order valence-corrected chi connectivity index (χ3v) is 3.12. The highest BCUT2D eigenvalue weighted by Gasteiger charge is 2.18. The van der Waals surface area contributed by atoms with E-state index in [1.807, 2.05) is 13.1 Å². The Bertz CT molecular complexity index is 429. The van der Waals surface area contributed by atoms with Crippen molar-refractivity contribution in [3.63, 3.8) is 0 Å². The molecule has 1 unspecified atom stereocenters. The maximum atomic E-state index is 12.1. The van der Waals surface area contributed by atoms with Crippen molar-refractivity contribution in [3.8, 4) is 0 Å². The van der Waals surface area contributed by atoms with Gasteiger partial charge in [-0.3, -0.25) is 9.48 Å². The smallest absolute Gasteiger partial charge is 0.272 e. The summed E-state index contributed by atoms with van der Waals surface area (Å²) in [6.07, 6.45) is 0.881. The number of hydrogen-bond donors (Lipinski definition) is 2. The summed E-state index contributed by atoms with van der Waals surface area (Å²) in [6, 6.07) is 1.86. The summed E-state index contributed by atoms with van der Waals surface area (Å²) in [5, 5.41) is 7.22. The van der Waals surface area contributed by atoms with Crippen molar-refractivity contribution in [2.24, 2.45) is 18.7 Å². The number of amides is 1. The van der Waals surface area contributed by atoms with Crippen LogP contribution in [0.15, 0.2) is 6.07 Å². The summed E-state index contributed by atoms with van der Waals surface area (Å²) in [4.78, 5) is 12.1. The first-order valence-electron chi connectivity index (χ1n) is 6.90. The van der Waals surface area contributed by atoms with Crippen molar-refractivity contribution >= 4 is 18.3 Å². The average molecular weight is 303 g/mol. The van der Waals surface area contributed by atoms with E-state index in [9.17, 15) is 4.79 Å². The Morgan fingerprint density at radius 1 is 1.40 bits per heavy atom. The fourth-order valence-corrected chi connectivity index (χ4v) is 2.18. The Kier molecular flexibility index (Phi) is 7.83. The number of aryl methyl sites for hydroxylation is 1. The summed E-state index contributed by atoms with van der Waals surface area (Å²) < 4.78 is 1.76. The van der Waals surface area contributed by atoms with Crippen molar-refractivity contribution in [3.05, 3.63) is 17.5 Å². The van der Waals surface area contributed by atoms with E-state index in [2.05, 4.69) is 38.1 Å². The van der Waals surface area contributed by atoms with Crippen LogP contribution in [-0.2, 0) is 7.05 Å². The Balaban J connectivity index is 0.00000361. The van der Waals surface area contributed by atoms with Gasteiger partial charge in [-0.2, -0.15) is 5.10 Å². The van der Waals surface area contributed by atoms with Gasteiger partial charge >= 0.3 is 0 Å². The number of nitrogens with one attached hydrogen (secondary N) is 1. The van der Waals surface area contributed by atoms with Gasteiger partial charge in [0, 0.05) is 25.3 Å². The third-order valence-electron chi connectivity index (χ3n) is 3.12. The Morgan fingerprint density at radius 2 is 2.00 bits per heavy atom. The predicted octanol–water partition coefficient (Wildman–Crippen LogP) is 2.07. The van der Waals surface area contributed by atoms with Crippen LogP contribution in [0, 0.1) is 5.92 Å². The maximum Gasteiger partial charge on any atom is 0.272 e. The van der Waals surface area contributed by atoms with Crippen LogP contribution in [0.3, 0.4) is 0 Å². The van der Waals surface area contributed by atoms with Crippen molar-refractivity contribution in [2.75, 3.05) is 6.54 Å². The van der Waals surface area contributed by atoms with Gasteiger partial charge in [0.15, 0.2) is 0 Å². The molecule has 0 bridgehead atoms. The number of aromatic nitrogens is 2. The second-order valence-electron chi connectivity index (χ2n) is 5.77. The largest absolute Gasteiger partial charge is 0.347 e. The molecule has 0 spiro atoms. The quantitative estimate of drug-likeness (QED) is 0.845. The first-order chi connectivity index (χ1) is 8.85. The van der Waals surface area contributed by atoms with E-state index in [1.165, 1.54) is 0 Å². The molecule has 1 aromatic rings. The number of carbonyl (C=O) groups excluding carboxylic acids is 1. The van der Waals surface area contributed by atoms with E-state index in [0.29, 0.717) is 24.1 Å². The number of nitrogens with two attached hydrogens (primary N) is 1. The van der Waals surface area contributed by atoms with E-state index in [4.69, 9.17) is 5.73 Å². The fourth-order valence-electron chi connectivity index (χ4n) is 2.18. The van der Waals surface area contributed by atoms with Crippen LogP contribution in [-0.4, -0.2) is 28.3 Å². The summed E-state index contributed by atoms with van der Waals surface area (Å²) >= 11 is 0. The highest BCUT2D eigenvalue weighted by Crippen LogP contribution is 2.15. The maximum absolute atomic E-state index is 12.1. The van der Waals surface area contributed by atoms with E-state index in [0.717, 1.165) is 12.1 Å². The zero-order valence-corrected chi connectivity index (χ0v) is 13.8. The molecular weight excluding hydrogens is 276 g/mol. The number of nitrogens with zero attached hydrogens (tertiary/aromatic N) is 2. The Morgan fingerprint density at radius 3 is 2.40 bits per heavy atom. The molecule has 1 rings (SSSR count). The molecule has 3 N–H and O–H groups in total. The van der Waals surface area contributed by atoms with E-state index in [1.54, 1.807) is 4.68 Å². The molecule has 1 atom stereocenters. The molecule has 1 aromatic heterocycles. The lowest BCUT2D eigenvalue weighted by molar-refractivity contribution is 0.0928. The summed E-state index contributed by atoms with van der Waals surface area (Å²) in [5.41, 5.74) is 7.21. The fraction of sp³-hybridized carbons (Fsp3) is 0.714. The zero-order valence-electron chi connectivity index (χ0n) is 13.0. The summed E-state index contributed by atoms with van der Waals surface area (Å²) in [7, 11) is 1.86. The van der Waals surface area contributed by atoms with Gasteiger partial charge in [0.1, 0.15) is 5.69 Å². The Labute approximate surface area is 127 Å². The van der Waals surface area contributed by atoms with Crippen LogP contribution in [0.4, 0.5) is 0 Å². The van der Waals surface area contributed by atoms with Crippen LogP contribution in [0.1, 0.15) is 56.2 Å². The minimum absolute atomic E-state index is 0. The van der Waals surface area contributed by atoms with Gasteiger partial charge in [0.2, 0.25) is 0 Å². The predicted molar refractivity (Wildman–Crippen MR) is 84.3 cm³/mol. The van der Waals surface area contributed by atoms with E-state index >= 15 is 0 Å². The van der Waals surface area contributed by atoms with Crippen LogP contribution >= 0.6 is 12.4 Å². The van der Waals surface area contributed by atoms with Crippen LogP contribution in [0.25, 0.3) is 0 Å². The third kappa shape index (κ3) is 5.13. The monoisotopic (exact) mass is 302 g/mol.